The van der Waals surface area contributed by atoms with Crippen LogP contribution in [0.2, 0.25) is 0 Å². The first-order chi connectivity index (χ1) is 28.3. The summed E-state index contributed by atoms with van der Waals surface area (Å²) >= 11 is 0. The molecular formula is C54H44B2N2. The summed E-state index contributed by atoms with van der Waals surface area (Å²) in [6.07, 6.45) is 0. The molecule has 0 N–H and O–H groups in total. The second-order valence-electron chi connectivity index (χ2n) is 16.9. The van der Waals surface area contributed by atoms with E-state index in [2.05, 4.69) is 209 Å². The zero-order chi connectivity index (χ0) is 39.4. The number of rotatable bonds is 4. The van der Waals surface area contributed by atoms with Gasteiger partial charge in [0.1, 0.15) is 0 Å². The van der Waals surface area contributed by atoms with E-state index in [0.29, 0.717) is 0 Å². The van der Waals surface area contributed by atoms with Crippen molar-refractivity contribution in [3.8, 4) is 22.3 Å². The van der Waals surface area contributed by atoms with E-state index in [1.54, 1.807) is 0 Å². The molecule has 58 heavy (non-hydrogen) atoms. The predicted molar refractivity (Wildman–Crippen MR) is 251 cm³/mol. The van der Waals surface area contributed by atoms with Crippen molar-refractivity contribution in [1.82, 2.24) is 0 Å². The lowest BCUT2D eigenvalue weighted by molar-refractivity contribution is 1.18. The largest absolute Gasteiger partial charge is 0.307 e. The summed E-state index contributed by atoms with van der Waals surface area (Å²) in [4.78, 5) is 5.24. The molecule has 3 heterocycles. The van der Waals surface area contributed by atoms with Crippen molar-refractivity contribution in [2.24, 2.45) is 0 Å². The molecule has 4 heteroatoms. The van der Waals surface area contributed by atoms with Gasteiger partial charge >= 0.3 is 0 Å². The van der Waals surface area contributed by atoms with Gasteiger partial charge in [0.15, 0.2) is 0 Å². The fourth-order valence-electron chi connectivity index (χ4n) is 11.0. The zero-order valence-electron chi connectivity index (χ0n) is 34.1. The normalized spacial score (nSPS) is 13.2. The molecule has 0 fully saturated rings. The minimum atomic E-state index is 0.0712. The standard InChI is InChI=1S/C54H44B2N2/c1-33-27-35(3)51(36(4)28-33)55-43-25-23-41(39-15-9-7-10-16-39)31-49(43)57-48-22-14-20-46-54(48)58(47-21-13-19-45(55)53(47)57)50-32-42(40-17-11-8-12-18-40)24-26-44(50)56(46)52-37(5)29-34(2)30-38(52)6/h7-32H,1-6H3. The summed E-state index contributed by atoms with van der Waals surface area (Å²) in [6.45, 7) is 13.8. The van der Waals surface area contributed by atoms with E-state index in [4.69, 9.17) is 0 Å². The molecule has 3 aliphatic rings. The second kappa shape index (κ2) is 13.0. The number of anilines is 6. The van der Waals surface area contributed by atoms with Gasteiger partial charge in [-0.1, -0.05) is 178 Å². The van der Waals surface area contributed by atoms with Gasteiger partial charge in [-0.2, -0.15) is 0 Å². The first-order valence-electron chi connectivity index (χ1n) is 20.7. The third kappa shape index (κ3) is 5.07. The summed E-state index contributed by atoms with van der Waals surface area (Å²) in [5.41, 5.74) is 28.6. The van der Waals surface area contributed by atoms with Crippen LogP contribution in [-0.4, -0.2) is 13.4 Å². The van der Waals surface area contributed by atoms with E-state index in [1.165, 1.54) is 123 Å². The zero-order valence-corrected chi connectivity index (χ0v) is 34.1. The van der Waals surface area contributed by atoms with Crippen LogP contribution >= 0.6 is 0 Å². The number of aryl methyl sites for hydroxylation is 6. The Morgan fingerprint density at radius 3 is 1.07 bits per heavy atom. The first-order valence-corrected chi connectivity index (χ1v) is 20.7. The average molecular weight is 743 g/mol. The molecule has 0 saturated heterocycles. The highest BCUT2D eigenvalue weighted by Gasteiger charge is 2.47. The Morgan fingerprint density at radius 2 is 0.690 bits per heavy atom. The Kier molecular flexibility index (Phi) is 7.79. The fraction of sp³-hybridized carbons (Fsp3) is 0.111. The van der Waals surface area contributed by atoms with E-state index in [9.17, 15) is 0 Å². The molecule has 0 spiro atoms. The molecule has 0 aliphatic carbocycles. The molecule has 8 aromatic carbocycles. The van der Waals surface area contributed by atoms with Gasteiger partial charge in [0, 0.05) is 11.4 Å². The third-order valence-corrected chi connectivity index (χ3v) is 13.1. The quantitative estimate of drug-likeness (QED) is 0.166. The van der Waals surface area contributed by atoms with Crippen LogP contribution in [-0.2, 0) is 0 Å². The third-order valence-electron chi connectivity index (χ3n) is 13.1. The maximum Gasteiger partial charge on any atom is 0.247 e. The maximum atomic E-state index is 2.62. The topological polar surface area (TPSA) is 6.48 Å². The average Bonchev–Trinajstić information content (AvgIpc) is 3.23. The summed E-state index contributed by atoms with van der Waals surface area (Å²) in [7, 11) is 0. The Hall–Kier alpha value is -6.51. The van der Waals surface area contributed by atoms with Gasteiger partial charge in [0.2, 0.25) is 13.4 Å². The van der Waals surface area contributed by atoms with Crippen LogP contribution in [0.25, 0.3) is 22.3 Å². The van der Waals surface area contributed by atoms with Crippen molar-refractivity contribution in [2.45, 2.75) is 41.5 Å². The molecule has 2 nitrogen and oxygen atoms in total. The van der Waals surface area contributed by atoms with E-state index >= 15 is 0 Å². The van der Waals surface area contributed by atoms with Gasteiger partial charge in [-0.15, -0.1) is 0 Å². The Labute approximate surface area is 343 Å². The lowest BCUT2D eigenvalue weighted by Crippen LogP contribution is -2.61. The highest BCUT2D eigenvalue weighted by atomic mass is 15.3. The molecule has 0 radical (unpaired) electrons. The molecular weight excluding hydrogens is 698 g/mol. The molecule has 11 rings (SSSR count). The van der Waals surface area contributed by atoms with Crippen LogP contribution in [0.4, 0.5) is 34.1 Å². The molecule has 8 aromatic rings. The smallest absolute Gasteiger partial charge is 0.247 e. The second-order valence-corrected chi connectivity index (χ2v) is 16.9. The Bertz CT molecular complexity index is 2740. The van der Waals surface area contributed by atoms with Crippen molar-refractivity contribution in [3.05, 3.63) is 191 Å². The van der Waals surface area contributed by atoms with Crippen molar-refractivity contribution < 1.29 is 0 Å². The van der Waals surface area contributed by atoms with Crippen molar-refractivity contribution >= 4 is 80.3 Å². The van der Waals surface area contributed by atoms with Crippen LogP contribution in [0.15, 0.2) is 158 Å². The van der Waals surface area contributed by atoms with Crippen molar-refractivity contribution in [1.29, 1.82) is 0 Å². The first kappa shape index (κ1) is 34.7. The van der Waals surface area contributed by atoms with E-state index < -0.39 is 0 Å². The van der Waals surface area contributed by atoms with E-state index in [0.717, 1.165) is 0 Å². The summed E-state index contributed by atoms with van der Waals surface area (Å²) in [5.74, 6) is 0. The molecule has 0 aromatic heterocycles. The highest BCUT2D eigenvalue weighted by Crippen LogP contribution is 2.55. The molecule has 276 valence electrons. The highest BCUT2D eigenvalue weighted by molar-refractivity contribution is 7.00. The molecule has 0 amide bonds. The SMILES string of the molecule is Cc1cc(C)c(B2c3ccc(-c4ccccc4)cc3N3c4cccc5c4N(c4cc(-c6ccccc6)ccc4B5c4c(C)cc(C)cc4C)c4cccc2c43)c(C)c1. The maximum absolute atomic E-state index is 2.62. The van der Waals surface area contributed by atoms with Gasteiger partial charge in [0.25, 0.3) is 0 Å². The molecule has 0 bridgehead atoms. The summed E-state index contributed by atoms with van der Waals surface area (Å²) in [5, 5.41) is 0. The Balaban J connectivity index is 1.25. The minimum Gasteiger partial charge on any atom is -0.307 e. The van der Waals surface area contributed by atoms with Crippen LogP contribution in [0.1, 0.15) is 33.4 Å². The molecule has 0 unspecified atom stereocenters. The van der Waals surface area contributed by atoms with Crippen molar-refractivity contribution in [2.75, 3.05) is 9.80 Å². The number of hydrogen-bond donors (Lipinski definition) is 0. The minimum absolute atomic E-state index is 0.0712. The number of nitrogens with zero attached hydrogens (tertiary/aromatic N) is 2. The van der Waals surface area contributed by atoms with Crippen LogP contribution < -0.4 is 42.6 Å². The fourth-order valence-corrected chi connectivity index (χ4v) is 11.0. The van der Waals surface area contributed by atoms with Gasteiger partial charge in [-0.3, -0.25) is 0 Å². The van der Waals surface area contributed by atoms with Gasteiger partial charge in [0.05, 0.1) is 22.7 Å². The number of benzene rings is 8. The van der Waals surface area contributed by atoms with Crippen LogP contribution in [0.3, 0.4) is 0 Å². The lowest BCUT2D eigenvalue weighted by Gasteiger charge is -2.49. The number of para-hydroxylation sites is 2. The molecule has 3 aliphatic heterocycles. The molecule has 0 atom stereocenters. The van der Waals surface area contributed by atoms with Crippen LogP contribution in [0.5, 0.6) is 0 Å². The van der Waals surface area contributed by atoms with Crippen molar-refractivity contribution in [3.63, 3.8) is 0 Å². The van der Waals surface area contributed by atoms with Gasteiger partial charge in [-0.25, -0.2) is 0 Å². The van der Waals surface area contributed by atoms with Gasteiger partial charge in [-0.05, 0) is 110 Å². The van der Waals surface area contributed by atoms with E-state index in [-0.39, 0.29) is 13.4 Å². The van der Waals surface area contributed by atoms with E-state index in [1.807, 2.05) is 0 Å². The van der Waals surface area contributed by atoms with Crippen LogP contribution in [0, 0.1) is 41.5 Å². The number of hydrogen-bond acceptors (Lipinski definition) is 2. The van der Waals surface area contributed by atoms with Gasteiger partial charge < -0.3 is 9.80 Å². The number of fused-ring (bicyclic) bond motifs is 6. The summed E-state index contributed by atoms with van der Waals surface area (Å²) < 4.78 is 0. The monoisotopic (exact) mass is 742 g/mol. The predicted octanol–water partition coefficient (Wildman–Crippen LogP) is 9.78. The summed E-state index contributed by atoms with van der Waals surface area (Å²) in [6, 6.07) is 59.7. The Morgan fingerprint density at radius 1 is 0.310 bits per heavy atom. The molecule has 0 saturated carbocycles. The lowest BCUT2D eigenvalue weighted by atomic mass is 9.33.